The van der Waals surface area contributed by atoms with Gasteiger partial charge in [0.15, 0.2) is 0 Å². The lowest BCUT2D eigenvalue weighted by molar-refractivity contribution is 0.0485. The quantitative estimate of drug-likeness (QED) is 0.320. The number of thioether (sulfide) groups is 1. The summed E-state index contributed by atoms with van der Waals surface area (Å²) in [5, 5.41) is 0. The van der Waals surface area contributed by atoms with Crippen LogP contribution in [0.1, 0.15) is 37.6 Å². The summed E-state index contributed by atoms with van der Waals surface area (Å²) in [5.41, 5.74) is 7.05. The molecule has 0 heterocycles. The molecule has 22 heavy (non-hydrogen) atoms. The number of carbonyl (C=O) groups is 1. The van der Waals surface area contributed by atoms with Gasteiger partial charge in [0.2, 0.25) is 0 Å². The third-order valence-electron chi connectivity index (χ3n) is 3.27. The molecule has 0 spiro atoms. The molecule has 0 saturated carbocycles. The lowest BCUT2D eigenvalue weighted by Gasteiger charge is -2.17. The van der Waals surface area contributed by atoms with Gasteiger partial charge in [0, 0.05) is 17.1 Å². The molecule has 0 unspecified atom stereocenters. The number of hydrogen-bond donors (Lipinski definition) is 1. The van der Waals surface area contributed by atoms with E-state index in [1.807, 2.05) is 13.0 Å². The van der Waals surface area contributed by atoms with Gasteiger partial charge in [-0.15, -0.1) is 24.2 Å². The zero-order valence-corrected chi connectivity index (χ0v) is 15.3. The fraction of sp³-hybridized carbons (Fsp3) is 0.562. The maximum atomic E-state index is 12.1. The van der Waals surface area contributed by atoms with Gasteiger partial charge in [-0.25, -0.2) is 4.79 Å². The van der Waals surface area contributed by atoms with Gasteiger partial charge in [-0.2, -0.15) is 0 Å². The van der Waals surface area contributed by atoms with Crippen LogP contribution in [0.25, 0.3) is 0 Å². The van der Waals surface area contributed by atoms with Gasteiger partial charge in [0.25, 0.3) is 0 Å². The van der Waals surface area contributed by atoms with Crippen molar-refractivity contribution in [2.24, 2.45) is 0 Å². The number of ether oxygens (including phenoxy) is 1. The Morgan fingerprint density at radius 3 is 2.55 bits per heavy atom. The minimum atomic E-state index is -0.259. The van der Waals surface area contributed by atoms with E-state index in [1.54, 1.807) is 23.9 Å². The number of anilines is 1. The summed E-state index contributed by atoms with van der Waals surface area (Å²) in [5.74, 6) is 0.636. The van der Waals surface area contributed by atoms with Crippen molar-refractivity contribution in [1.29, 1.82) is 0 Å². The minimum Gasteiger partial charge on any atom is -0.462 e. The fourth-order valence-electron chi connectivity index (χ4n) is 2.05. The molecule has 0 atom stereocenters. The average molecular weight is 347 g/mol. The smallest absolute Gasteiger partial charge is 0.339 e. The van der Waals surface area contributed by atoms with Crippen molar-refractivity contribution in [3.8, 4) is 0 Å². The second-order valence-electron chi connectivity index (χ2n) is 4.70. The van der Waals surface area contributed by atoms with Gasteiger partial charge in [-0.05, 0) is 43.5 Å². The van der Waals surface area contributed by atoms with Crippen LogP contribution >= 0.6 is 24.2 Å². The van der Waals surface area contributed by atoms with Crippen molar-refractivity contribution in [3.05, 3.63) is 23.8 Å². The highest BCUT2D eigenvalue weighted by molar-refractivity contribution is 7.99. The van der Waals surface area contributed by atoms with Gasteiger partial charge in [0.05, 0.1) is 12.2 Å². The maximum absolute atomic E-state index is 12.1. The van der Waals surface area contributed by atoms with Crippen molar-refractivity contribution >= 4 is 35.8 Å². The molecule has 1 rings (SSSR count). The van der Waals surface area contributed by atoms with Crippen LogP contribution in [0.2, 0.25) is 0 Å². The van der Waals surface area contributed by atoms with Crippen LogP contribution in [0.15, 0.2) is 23.1 Å². The number of benzene rings is 1. The third kappa shape index (κ3) is 6.90. The SMILES string of the molecule is CCSc1cc(N)ccc1C(=O)OCCCN(CC)CC.Cl. The van der Waals surface area contributed by atoms with Crippen molar-refractivity contribution in [2.45, 2.75) is 32.1 Å². The van der Waals surface area contributed by atoms with Crippen LogP contribution < -0.4 is 5.73 Å². The number of nitrogens with zero attached hydrogens (tertiary/aromatic N) is 1. The molecule has 0 aromatic heterocycles. The van der Waals surface area contributed by atoms with Crippen LogP contribution in [-0.2, 0) is 4.74 Å². The van der Waals surface area contributed by atoms with E-state index in [2.05, 4.69) is 18.7 Å². The second kappa shape index (κ2) is 11.6. The minimum absolute atomic E-state index is 0. The van der Waals surface area contributed by atoms with E-state index in [0.29, 0.717) is 17.9 Å². The molecule has 0 radical (unpaired) electrons. The summed E-state index contributed by atoms with van der Waals surface area (Å²) in [6.45, 7) is 9.79. The Morgan fingerprint density at radius 1 is 1.27 bits per heavy atom. The van der Waals surface area contributed by atoms with E-state index >= 15 is 0 Å². The Hall–Kier alpha value is -0.910. The van der Waals surface area contributed by atoms with Gasteiger partial charge in [0.1, 0.15) is 0 Å². The Bertz CT molecular complexity index is 454. The number of nitrogen functional groups attached to an aromatic ring is 1. The largest absolute Gasteiger partial charge is 0.462 e. The summed E-state index contributed by atoms with van der Waals surface area (Å²) in [6, 6.07) is 5.33. The van der Waals surface area contributed by atoms with E-state index in [1.165, 1.54) is 0 Å². The predicted octanol–water partition coefficient (Wildman–Crippen LogP) is 3.69. The summed E-state index contributed by atoms with van der Waals surface area (Å²) >= 11 is 1.61. The first-order valence-electron chi connectivity index (χ1n) is 7.54. The molecular weight excluding hydrogens is 320 g/mol. The summed E-state index contributed by atoms with van der Waals surface area (Å²) in [4.78, 5) is 15.4. The number of nitrogens with two attached hydrogens (primary N) is 1. The summed E-state index contributed by atoms with van der Waals surface area (Å²) < 4.78 is 5.37. The molecule has 2 N–H and O–H groups in total. The zero-order valence-electron chi connectivity index (χ0n) is 13.6. The maximum Gasteiger partial charge on any atom is 0.339 e. The van der Waals surface area contributed by atoms with Gasteiger partial charge >= 0.3 is 5.97 Å². The monoisotopic (exact) mass is 346 g/mol. The first-order valence-corrected chi connectivity index (χ1v) is 8.52. The average Bonchev–Trinajstić information content (AvgIpc) is 2.47. The number of rotatable bonds is 9. The molecule has 6 heteroatoms. The molecule has 1 aromatic carbocycles. The van der Waals surface area contributed by atoms with Crippen LogP contribution in [0.4, 0.5) is 5.69 Å². The van der Waals surface area contributed by atoms with E-state index in [0.717, 1.165) is 36.7 Å². The summed E-state index contributed by atoms with van der Waals surface area (Å²) in [6.07, 6.45) is 0.860. The van der Waals surface area contributed by atoms with Crippen molar-refractivity contribution < 1.29 is 9.53 Å². The van der Waals surface area contributed by atoms with Crippen molar-refractivity contribution in [2.75, 3.05) is 37.7 Å². The van der Waals surface area contributed by atoms with Crippen LogP contribution in [0.3, 0.4) is 0 Å². The molecule has 126 valence electrons. The fourth-order valence-corrected chi connectivity index (χ4v) is 2.89. The molecule has 0 saturated heterocycles. The Kier molecular flexibility index (Phi) is 11.1. The summed E-state index contributed by atoms with van der Waals surface area (Å²) in [7, 11) is 0. The Labute approximate surface area is 144 Å². The molecule has 0 bridgehead atoms. The number of halogens is 1. The Morgan fingerprint density at radius 2 is 1.95 bits per heavy atom. The number of hydrogen-bond acceptors (Lipinski definition) is 5. The van der Waals surface area contributed by atoms with Gasteiger partial charge in [-0.3, -0.25) is 0 Å². The lowest BCUT2D eigenvalue weighted by Crippen LogP contribution is -2.25. The highest BCUT2D eigenvalue weighted by atomic mass is 35.5. The highest BCUT2D eigenvalue weighted by Crippen LogP contribution is 2.25. The molecule has 4 nitrogen and oxygen atoms in total. The normalized spacial score (nSPS) is 10.4. The van der Waals surface area contributed by atoms with Crippen LogP contribution in [0, 0.1) is 0 Å². The topological polar surface area (TPSA) is 55.6 Å². The molecule has 0 aliphatic heterocycles. The van der Waals surface area contributed by atoms with E-state index < -0.39 is 0 Å². The highest BCUT2D eigenvalue weighted by Gasteiger charge is 2.13. The van der Waals surface area contributed by atoms with Crippen LogP contribution in [-0.4, -0.2) is 42.9 Å². The Balaban J connectivity index is 0.00000441. The molecular formula is C16H27ClN2O2S. The molecule has 0 aliphatic rings. The van der Waals surface area contributed by atoms with E-state index in [4.69, 9.17) is 10.5 Å². The molecule has 0 fully saturated rings. The van der Waals surface area contributed by atoms with Crippen LogP contribution in [0.5, 0.6) is 0 Å². The first-order chi connectivity index (χ1) is 10.1. The second-order valence-corrected chi connectivity index (χ2v) is 6.01. The number of esters is 1. The lowest BCUT2D eigenvalue weighted by atomic mass is 10.2. The standard InChI is InChI=1S/C16H26N2O2S.ClH/c1-4-18(5-2)10-7-11-20-16(19)14-9-8-13(17)12-15(14)21-6-3;/h8-9,12H,4-7,10-11,17H2,1-3H3;1H. The van der Waals surface area contributed by atoms with E-state index in [9.17, 15) is 4.79 Å². The zero-order chi connectivity index (χ0) is 15.7. The first kappa shape index (κ1) is 21.1. The predicted molar refractivity (Wildman–Crippen MR) is 97.2 cm³/mol. The van der Waals surface area contributed by atoms with Crippen molar-refractivity contribution in [1.82, 2.24) is 4.90 Å². The molecule has 0 amide bonds. The molecule has 0 aliphatic carbocycles. The van der Waals surface area contributed by atoms with Gasteiger partial charge < -0.3 is 15.4 Å². The molecule has 1 aromatic rings. The number of carbonyl (C=O) groups excluding carboxylic acids is 1. The van der Waals surface area contributed by atoms with Gasteiger partial charge in [-0.1, -0.05) is 20.8 Å². The van der Waals surface area contributed by atoms with Crippen molar-refractivity contribution in [3.63, 3.8) is 0 Å². The third-order valence-corrected chi connectivity index (χ3v) is 4.21. The van der Waals surface area contributed by atoms with E-state index in [-0.39, 0.29) is 18.4 Å².